The quantitative estimate of drug-likeness (QED) is 0.513. The lowest BCUT2D eigenvalue weighted by molar-refractivity contribution is 0.109. The molecular formula is C23H24FN7O. The molecule has 2 unspecified atom stereocenters. The summed E-state index contributed by atoms with van der Waals surface area (Å²) in [5, 5.41) is 31.5. The zero-order chi connectivity index (χ0) is 21.7. The van der Waals surface area contributed by atoms with Gasteiger partial charge in [0.05, 0.1) is 29.8 Å². The lowest BCUT2D eigenvalue weighted by Crippen LogP contribution is -2.54. The number of hydrogen-bond donors (Lipinski definition) is 2. The largest absolute Gasteiger partial charge is 0.507 e. The molecular weight excluding hydrogens is 409 g/mol. The van der Waals surface area contributed by atoms with E-state index in [9.17, 15) is 9.50 Å². The first-order valence-electron chi connectivity index (χ1n) is 11.1. The van der Waals surface area contributed by atoms with Crippen LogP contribution in [0.5, 0.6) is 5.75 Å². The van der Waals surface area contributed by atoms with Crippen molar-refractivity contribution in [1.82, 2.24) is 35.1 Å². The Kier molecular flexibility index (Phi) is 4.46. The van der Waals surface area contributed by atoms with Gasteiger partial charge in [0.2, 0.25) is 0 Å². The third kappa shape index (κ3) is 3.15. The van der Waals surface area contributed by atoms with Crippen molar-refractivity contribution in [3.05, 3.63) is 48.9 Å². The van der Waals surface area contributed by atoms with Crippen LogP contribution in [0.3, 0.4) is 0 Å². The summed E-state index contributed by atoms with van der Waals surface area (Å²) in [7, 11) is 0. The highest BCUT2D eigenvalue weighted by Crippen LogP contribution is 2.42. The Morgan fingerprint density at radius 2 is 1.97 bits per heavy atom. The second-order valence-electron chi connectivity index (χ2n) is 8.94. The molecule has 2 atom stereocenters. The number of benzene rings is 1. The van der Waals surface area contributed by atoms with E-state index in [2.05, 4.69) is 25.8 Å². The Hall–Kier alpha value is -3.33. The summed E-state index contributed by atoms with van der Waals surface area (Å²) < 4.78 is 18.5. The van der Waals surface area contributed by atoms with Crippen molar-refractivity contribution in [1.29, 1.82) is 0 Å². The Labute approximate surface area is 184 Å². The highest BCUT2D eigenvalue weighted by atomic mass is 19.1. The minimum absolute atomic E-state index is 0.0504. The highest BCUT2D eigenvalue weighted by Gasteiger charge is 2.43. The van der Waals surface area contributed by atoms with Gasteiger partial charge in [0.15, 0.2) is 5.65 Å². The monoisotopic (exact) mass is 433 g/mol. The van der Waals surface area contributed by atoms with Crippen molar-refractivity contribution in [2.45, 2.75) is 49.9 Å². The number of phenolic OH excluding ortho intramolecular Hbond substituents is 1. The summed E-state index contributed by atoms with van der Waals surface area (Å²) >= 11 is 0. The number of piperidine rings is 1. The average Bonchev–Trinajstić information content (AvgIpc) is 3.57. The average molecular weight is 433 g/mol. The molecule has 1 spiro atoms. The number of alkyl halides is 1. The number of nitrogens with one attached hydrogen (secondary N) is 1. The van der Waals surface area contributed by atoms with Crippen molar-refractivity contribution >= 4 is 11.0 Å². The molecule has 0 radical (unpaired) electrons. The number of fused-ring (bicyclic) bond motifs is 1. The maximum atomic E-state index is 15.0. The molecule has 164 valence electrons. The van der Waals surface area contributed by atoms with E-state index in [1.807, 2.05) is 29.0 Å². The smallest absolute Gasteiger partial charge is 0.162 e. The van der Waals surface area contributed by atoms with Crippen LogP contribution in [0, 0.1) is 0 Å². The maximum absolute atomic E-state index is 15.0. The van der Waals surface area contributed by atoms with Crippen molar-refractivity contribution in [2.24, 2.45) is 0 Å². The van der Waals surface area contributed by atoms with Crippen LogP contribution in [0.25, 0.3) is 28.0 Å². The first kappa shape index (κ1) is 19.4. The summed E-state index contributed by atoms with van der Waals surface area (Å²) in [6, 6.07) is 8.83. The molecule has 0 amide bonds. The number of halogens is 1. The van der Waals surface area contributed by atoms with Crippen molar-refractivity contribution in [3.8, 4) is 22.7 Å². The molecule has 4 heterocycles. The van der Waals surface area contributed by atoms with Gasteiger partial charge in [-0.05, 0) is 43.5 Å². The minimum atomic E-state index is -0.966. The maximum Gasteiger partial charge on any atom is 0.162 e. The van der Waals surface area contributed by atoms with Gasteiger partial charge in [0.25, 0.3) is 0 Å². The molecule has 4 aromatic rings. The second kappa shape index (κ2) is 7.37. The summed E-state index contributed by atoms with van der Waals surface area (Å²) in [6.07, 6.45) is 9.62. The minimum Gasteiger partial charge on any atom is -0.507 e. The standard InChI is InChI=1S/C23H24FN7O/c24-18-14-25-23(6-1-2-7-23)13-20(18)30-9-5-15-11-19(27-28-22(15)30)17-4-3-16(12-21(17)32)31-10-8-26-29-31/h3-5,8-12,18,20,25,32H,1-2,6-7,13-14H2. The molecule has 1 saturated heterocycles. The first-order chi connectivity index (χ1) is 15.6. The number of aromatic nitrogens is 6. The van der Waals surface area contributed by atoms with Crippen molar-refractivity contribution in [2.75, 3.05) is 6.54 Å². The van der Waals surface area contributed by atoms with Crippen molar-refractivity contribution in [3.63, 3.8) is 0 Å². The zero-order valence-corrected chi connectivity index (χ0v) is 17.5. The molecule has 1 saturated carbocycles. The highest BCUT2D eigenvalue weighted by molar-refractivity contribution is 5.81. The van der Waals surface area contributed by atoms with E-state index in [1.54, 1.807) is 29.2 Å². The van der Waals surface area contributed by atoms with Gasteiger partial charge < -0.3 is 15.0 Å². The van der Waals surface area contributed by atoms with Crippen LogP contribution in [0.2, 0.25) is 0 Å². The zero-order valence-electron chi connectivity index (χ0n) is 17.5. The van der Waals surface area contributed by atoms with Crippen molar-refractivity contribution < 1.29 is 9.50 Å². The Morgan fingerprint density at radius 1 is 1.09 bits per heavy atom. The lowest BCUT2D eigenvalue weighted by Gasteiger charge is -2.41. The number of rotatable bonds is 3. The van der Waals surface area contributed by atoms with Crippen LogP contribution in [0.4, 0.5) is 4.39 Å². The SMILES string of the molecule is Oc1cc(-n2ccnn2)ccc1-c1cc2ccn(C3CC4(CCCC4)NCC3F)c2nn1. The fourth-order valence-corrected chi connectivity index (χ4v) is 5.33. The molecule has 1 aliphatic carbocycles. The van der Waals surface area contributed by atoms with E-state index in [0.29, 0.717) is 29.1 Å². The molecule has 2 fully saturated rings. The van der Waals surface area contributed by atoms with Gasteiger partial charge in [-0.25, -0.2) is 9.07 Å². The molecule has 1 aliphatic heterocycles. The Bertz CT molecular complexity index is 1260. The van der Waals surface area contributed by atoms with Crippen LogP contribution in [0.15, 0.2) is 48.9 Å². The molecule has 0 bridgehead atoms. The van der Waals surface area contributed by atoms with Gasteiger partial charge in [0.1, 0.15) is 11.9 Å². The van der Waals surface area contributed by atoms with E-state index < -0.39 is 6.17 Å². The van der Waals surface area contributed by atoms with Gasteiger partial charge >= 0.3 is 0 Å². The van der Waals surface area contributed by atoms with Crippen LogP contribution in [-0.2, 0) is 0 Å². The number of hydrogen-bond acceptors (Lipinski definition) is 6. The van der Waals surface area contributed by atoms with Gasteiger partial charge in [-0.1, -0.05) is 18.1 Å². The third-order valence-corrected chi connectivity index (χ3v) is 7.01. The molecule has 3 aromatic heterocycles. The number of phenols is 1. The van der Waals surface area contributed by atoms with Gasteiger partial charge in [0, 0.05) is 35.3 Å². The van der Waals surface area contributed by atoms with Crippen LogP contribution < -0.4 is 5.32 Å². The normalized spacial score (nSPS) is 22.7. The molecule has 2 aliphatic rings. The first-order valence-corrected chi connectivity index (χ1v) is 11.1. The topological polar surface area (TPSA) is 93.7 Å². The molecule has 2 N–H and O–H groups in total. The van der Waals surface area contributed by atoms with Gasteiger partial charge in [-0.3, -0.25) is 0 Å². The van der Waals surface area contributed by atoms with E-state index in [0.717, 1.165) is 24.6 Å². The van der Waals surface area contributed by atoms with Crippen LogP contribution in [-0.4, -0.2) is 53.1 Å². The molecule has 8 nitrogen and oxygen atoms in total. The van der Waals surface area contributed by atoms with Crippen LogP contribution in [0.1, 0.15) is 38.1 Å². The fraction of sp³-hybridized carbons (Fsp3) is 0.391. The lowest BCUT2D eigenvalue weighted by atomic mass is 9.83. The molecule has 9 heteroatoms. The Morgan fingerprint density at radius 3 is 2.75 bits per heavy atom. The summed E-state index contributed by atoms with van der Waals surface area (Å²) in [6.45, 7) is 0.377. The molecule has 6 rings (SSSR count). The fourth-order valence-electron chi connectivity index (χ4n) is 5.33. The van der Waals surface area contributed by atoms with Gasteiger partial charge in [-0.15, -0.1) is 15.3 Å². The van der Waals surface area contributed by atoms with E-state index in [-0.39, 0.29) is 17.3 Å². The van der Waals surface area contributed by atoms with Crippen LogP contribution >= 0.6 is 0 Å². The molecule has 1 aromatic carbocycles. The second-order valence-corrected chi connectivity index (χ2v) is 8.94. The van der Waals surface area contributed by atoms with E-state index in [1.165, 1.54) is 12.8 Å². The number of nitrogens with zero attached hydrogens (tertiary/aromatic N) is 6. The summed E-state index contributed by atoms with van der Waals surface area (Å²) in [5.41, 5.74) is 2.56. The molecule has 32 heavy (non-hydrogen) atoms. The summed E-state index contributed by atoms with van der Waals surface area (Å²) in [4.78, 5) is 0. The van der Waals surface area contributed by atoms with Gasteiger partial charge in [-0.2, -0.15) is 0 Å². The summed E-state index contributed by atoms with van der Waals surface area (Å²) in [5.74, 6) is 0.0800. The van der Waals surface area contributed by atoms with E-state index >= 15 is 0 Å². The third-order valence-electron chi connectivity index (χ3n) is 7.01. The van der Waals surface area contributed by atoms with E-state index in [4.69, 9.17) is 0 Å². The predicted molar refractivity (Wildman–Crippen MR) is 117 cm³/mol. The number of aromatic hydroxyl groups is 1. The Balaban J connectivity index is 1.33. The predicted octanol–water partition coefficient (Wildman–Crippen LogP) is 3.57.